The number of halogens is 1. The number of carbonyl (C=O) groups is 1. The molecule has 0 aliphatic carbocycles. The summed E-state index contributed by atoms with van der Waals surface area (Å²) in [6.45, 7) is 0.885. The molecular weight excluding hydrogens is 346 g/mol. The summed E-state index contributed by atoms with van der Waals surface area (Å²) in [4.78, 5) is 12.5. The standard InChI is InChI=1S/C22H20ClNO2/c23-20-12-6-4-10-18(20)16-24-22(25)19-11-5-7-13-21(19)26-15-14-17-8-2-1-3-9-17/h1-13H,14-16H2,(H,24,25). The van der Waals surface area contributed by atoms with Gasteiger partial charge < -0.3 is 10.1 Å². The molecule has 0 saturated carbocycles. The van der Waals surface area contributed by atoms with Gasteiger partial charge >= 0.3 is 0 Å². The van der Waals surface area contributed by atoms with Crippen LogP contribution in [0.25, 0.3) is 0 Å². The molecule has 0 saturated heterocycles. The summed E-state index contributed by atoms with van der Waals surface area (Å²) in [6.07, 6.45) is 0.788. The first-order chi connectivity index (χ1) is 12.7. The quantitative estimate of drug-likeness (QED) is 0.647. The van der Waals surface area contributed by atoms with Crippen molar-refractivity contribution in [2.75, 3.05) is 6.61 Å². The minimum atomic E-state index is -0.180. The Kier molecular flexibility index (Phi) is 6.29. The summed E-state index contributed by atoms with van der Waals surface area (Å²) >= 11 is 6.14. The summed E-state index contributed by atoms with van der Waals surface area (Å²) in [6, 6.07) is 24.9. The van der Waals surface area contributed by atoms with Gasteiger partial charge in [-0.25, -0.2) is 0 Å². The molecule has 3 nitrogen and oxygen atoms in total. The summed E-state index contributed by atoms with van der Waals surface area (Å²) in [5.41, 5.74) is 2.60. The third-order valence-electron chi connectivity index (χ3n) is 4.02. The van der Waals surface area contributed by atoms with Crippen molar-refractivity contribution in [2.45, 2.75) is 13.0 Å². The Morgan fingerprint density at radius 1 is 0.885 bits per heavy atom. The van der Waals surface area contributed by atoms with E-state index in [1.54, 1.807) is 6.07 Å². The molecule has 0 bridgehead atoms. The third kappa shape index (κ3) is 4.87. The van der Waals surface area contributed by atoms with Crippen LogP contribution in [-0.2, 0) is 13.0 Å². The van der Waals surface area contributed by atoms with Gasteiger partial charge in [0.25, 0.3) is 5.91 Å². The first-order valence-corrected chi connectivity index (χ1v) is 8.89. The maximum absolute atomic E-state index is 12.5. The van der Waals surface area contributed by atoms with Gasteiger partial charge in [0.15, 0.2) is 0 Å². The lowest BCUT2D eigenvalue weighted by Crippen LogP contribution is -2.23. The lowest BCUT2D eigenvalue weighted by atomic mass is 10.1. The fourth-order valence-electron chi connectivity index (χ4n) is 2.62. The summed E-state index contributed by atoms with van der Waals surface area (Å²) < 4.78 is 5.85. The molecule has 26 heavy (non-hydrogen) atoms. The first kappa shape index (κ1) is 18.0. The van der Waals surface area contributed by atoms with E-state index in [1.165, 1.54) is 5.56 Å². The molecule has 0 spiro atoms. The lowest BCUT2D eigenvalue weighted by molar-refractivity contribution is 0.0947. The van der Waals surface area contributed by atoms with Gasteiger partial charge in [-0.2, -0.15) is 0 Å². The second-order valence-corrected chi connectivity index (χ2v) is 6.26. The topological polar surface area (TPSA) is 38.3 Å². The van der Waals surface area contributed by atoms with Crippen LogP contribution >= 0.6 is 11.6 Å². The van der Waals surface area contributed by atoms with Crippen LogP contribution in [0.1, 0.15) is 21.5 Å². The minimum absolute atomic E-state index is 0.180. The second kappa shape index (κ2) is 9.07. The van der Waals surface area contributed by atoms with E-state index in [0.717, 1.165) is 12.0 Å². The summed E-state index contributed by atoms with van der Waals surface area (Å²) in [5, 5.41) is 3.54. The predicted molar refractivity (Wildman–Crippen MR) is 105 cm³/mol. The molecule has 3 rings (SSSR count). The molecule has 3 aromatic carbocycles. The van der Waals surface area contributed by atoms with Gasteiger partial charge in [0.1, 0.15) is 5.75 Å². The van der Waals surface area contributed by atoms with E-state index in [1.807, 2.05) is 60.7 Å². The van der Waals surface area contributed by atoms with Crippen molar-refractivity contribution < 1.29 is 9.53 Å². The zero-order valence-corrected chi connectivity index (χ0v) is 15.1. The van der Waals surface area contributed by atoms with E-state index in [4.69, 9.17) is 16.3 Å². The Labute approximate surface area is 158 Å². The first-order valence-electron chi connectivity index (χ1n) is 8.51. The number of para-hydroxylation sites is 1. The number of amides is 1. The van der Waals surface area contributed by atoms with Crippen molar-refractivity contribution in [3.63, 3.8) is 0 Å². The highest BCUT2D eigenvalue weighted by Gasteiger charge is 2.12. The highest BCUT2D eigenvalue weighted by atomic mass is 35.5. The second-order valence-electron chi connectivity index (χ2n) is 5.85. The van der Waals surface area contributed by atoms with Gasteiger partial charge in [-0.05, 0) is 29.3 Å². The largest absolute Gasteiger partial charge is 0.492 e. The van der Waals surface area contributed by atoms with Crippen LogP contribution in [0.3, 0.4) is 0 Å². The Morgan fingerprint density at radius 3 is 2.38 bits per heavy atom. The number of benzene rings is 3. The van der Waals surface area contributed by atoms with E-state index in [-0.39, 0.29) is 5.91 Å². The molecule has 0 atom stereocenters. The number of hydrogen-bond donors (Lipinski definition) is 1. The van der Waals surface area contributed by atoms with E-state index in [2.05, 4.69) is 17.4 Å². The van der Waals surface area contributed by atoms with Crippen molar-refractivity contribution in [1.82, 2.24) is 5.32 Å². The Hall–Kier alpha value is -2.78. The van der Waals surface area contributed by atoms with Gasteiger partial charge in [-0.3, -0.25) is 4.79 Å². The monoisotopic (exact) mass is 365 g/mol. The van der Waals surface area contributed by atoms with Crippen LogP contribution in [0, 0.1) is 0 Å². The van der Waals surface area contributed by atoms with Crippen LogP contribution in [0.5, 0.6) is 5.75 Å². The van der Waals surface area contributed by atoms with E-state index in [9.17, 15) is 4.79 Å². The SMILES string of the molecule is O=C(NCc1ccccc1Cl)c1ccccc1OCCc1ccccc1. The number of ether oxygens (including phenoxy) is 1. The molecule has 0 fully saturated rings. The normalized spacial score (nSPS) is 10.3. The Morgan fingerprint density at radius 2 is 1.58 bits per heavy atom. The van der Waals surface area contributed by atoms with Crippen LogP contribution in [0.15, 0.2) is 78.9 Å². The van der Waals surface area contributed by atoms with Crippen molar-refractivity contribution in [3.8, 4) is 5.75 Å². The number of nitrogens with one attached hydrogen (secondary N) is 1. The Bertz CT molecular complexity index is 865. The minimum Gasteiger partial charge on any atom is -0.492 e. The fourth-order valence-corrected chi connectivity index (χ4v) is 2.82. The van der Waals surface area contributed by atoms with E-state index < -0.39 is 0 Å². The van der Waals surface area contributed by atoms with Crippen LogP contribution in [-0.4, -0.2) is 12.5 Å². The summed E-state index contributed by atoms with van der Waals surface area (Å²) in [7, 11) is 0. The van der Waals surface area contributed by atoms with Gasteiger partial charge in [0.2, 0.25) is 0 Å². The smallest absolute Gasteiger partial charge is 0.255 e. The average molecular weight is 366 g/mol. The number of rotatable bonds is 7. The van der Waals surface area contributed by atoms with Gasteiger partial charge in [-0.15, -0.1) is 0 Å². The molecule has 0 radical (unpaired) electrons. The maximum atomic E-state index is 12.5. The molecule has 0 aliphatic rings. The third-order valence-corrected chi connectivity index (χ3v) is 4.39. The van der Waals surface area contributed by atoms with E-state index in [0.29, 0.717) is 29.5 Å². The molecule has 132 valence electrons. The molecular formula is C22H20ClNO2. The maximum Gasteiger partial charge on any atom is 0.255 e. The zero-order chi connectivity index (χ0) is 18.2. The van der Waals surface area contributed by atoms with Crippen LogP contribution < -0.4 is 10.1 Å². The highest BCUT2D eigenvalue weighted by Crippen LogP contribution is 2.19. The molecule has 0 unspecified atom stereocenters. The van der Waals surface area contributed by atoms with Crippen molar-refractivity contribution >= 4 is 17.5 Å². The molecule has 0 aromatic heterocycles. The van der Waals surface area contributed by atoms with Gasteiger partial charge in [0.05, 0.1) is 12.2 Å². The van der Waals surface area contributed by atoms with Crippen molar-refractivity contribution in [3.05, 3.63) is 101 Å². The van der Waals surface area contributed by atoms with Gasteiger partial charge in [0, 0.05) is 18.0 Å². The fraction of sp³-hybridized carbons (Fsp3) is 0.136. The molecule has 1 amide bonds. The highest BCUT2D eigenvalue weighted by molar-refractivity contribution is 6.31. The number of hydrogen-bond acceptors (Lipinski definition) is 2. The molecule has 4 heteroatoms. The van der Waals surface area contributed by atoms with Crippen LogP contribution in [0.4, 0.5) is 0 Å². The zero-order valence-electron chi connectivity index (χ0n) is 14.3. The van der Waals surface area contributed by atoms with E-state index >= 15 is 0 Å². The predicted octanol–water partition coefficient (Wildman–Crippen LogP) is 4.89. The Balaban J connectivity index is 1.60. The average Bonchev–Trinajstić information content (AvgIpc) is 2.68. The number of carbonyl (C=O) groups excluding carboxylic acids is 1. The molecule has 1 N–H and O–H groups in total. The van der Waals surface area contributed by atoms with Crippen molar-refractivity contribution in [2.24, 2.45) is 0 Å². The lowest BCUT2D eigenvalue weighted by Gasteiger charge is -2.12. The van der Waals surface area contributed by atoms with Crippen molar-refractivity contribution in [1.29, 1.82) is 0 Å². The van der Waals surface area contributed by atoms with Crippen LogP contribution in [0.2, 0.25) is 5.02 Å². The van der Waals surface area contributed by atoms with Gasteiger partial charge in [-0.1, -0.05) is 72.3 Å². The molecule has 0 aliphatic heterocycles. The molecule has 3 aromatic rings. The molecule has 0 heterocycles. The summed E-state index contributed by atoms with van der Waals surface area (Å²) in [5.74, 6) is 0.403.